The molecule has 0 fully saturated rings. The van der Waals surface area contributed by atoms with Crippen LogP contribution in [0.2, 0.25) is 0 Å². The van der Waals surface area contributed by atoms with Crippen LogP contribution in [0, 0.1) is 0 Å². The Bertz CT molecular complexity index is 520. The van der Waals surface area contributed by atoms with Crippen molar-refractivity contribution in [2.75, 3.05) is 14.2 Å². The number of hydrogen-bond donors (Lipinski definition) is 0. The molecule has 0 unspecified atom stereocenters. The summed E-state index contributed by atoms with van der Waals surface area (Å²) in [4.78, 5) is 22.3. The smallest absolute Gasteiger partial charge is 0.330 e. The Labute approximate surface area is 129 Å². The van der Waals surface area contributed by atoms with Gasteiger partial charge in [-0.1, -0.05) is 0 Å². The van der Waals surface area contributed by atoms with E-state index in [4.69, 9.17) is 14.2 Å². The van der Waals surface area contributed by atoms with Crippen LogP contribution in [0.1, 0.15) is 13.8 Å². The third kappa shape index (κ3) is 5.87. The number of rotatable bonds is 7. The molecule has 2 atom stereocenters. The zero-order chi connectivity index (χ0) is 16.5. The van der Waals surface area contributed by atoms with Crippen LogP contribution in [0.25, 0.3) is 0 Å². The van der Waals surface area contributed by atoms with Gasteiger partial charge in [0.25, 0.3) is 0 Å². The fourth-order valence-electron chi connectivity index (χ4n) is 1.67. The Kier molecular flexibility index (Phi) is 6.95. The minimum absolute atomic E-state index is 0.428. The van der Waals surface area contributed by atoms with Gasteiger partial charge in [-0.05, 0) is 37.3 Å². The quantitative estimate of drug-likeness (QED) is 0.567. The highest BCUT2D eigenvalue weighted by Gasteiger charge is 2.19. The molecule has 1 aromatic carbocycles. The van der Waals surface area contributed by atoms with E-state index >= 15 is 0 Å². The highest BCUT2D eigenvalue weighted by atomic mass is 16.6. The van der Waals surface area contributed by atoms with E-state index in [0.717, 1.165) is 0 Å². The third-order valence-electron chi connectivity index (χ3n) is 2.77. The zero-order valence-corrected chi connectivity index (χ0v) is 13.1. The molecule has 6 nitrogen and oxygen atoms in total. The number of hydrogen-bond acceptors (Lipinski definition) is 6. The first kappa shape index (κ1) is 17.6. The maximum atomic E-state index is 11.2. The van der Waals surface area contributed by atoms with Gasteiger partial charge in [-0.25, -0.2) is 4.79 Å². The van der Waals surface area contributed by atoms with E-state index in [0.29, 0.717) is 11.5 Å². The summed E-state index contributed by atoms with van der Waals surface area (Å²) in [6.07, 6.45) is 1.52. The van der Waals surface area contributed by atoms with Crippen molar-refractivity contribution in [2.24, 2.45) is 0 Å². The molecule has 0 saturated heterocycles. The van der Waals surface area contributed by atoms with Gasteiger partial charge in [-0.2, -0.15) is 0 Å². The van der Waals surface area contributed by atoms with Crippen LogP contribution in [0.3, 0.4) is 0 Å². The van der Waals surface area contributed by atoms with Crippen molar-refractivity contribution in [3.8, 4) is 11.5 Å². The molecule has 1 aromatic rings. The van der Waals surface area contributed by atoms with Crippen molar-refractivity contribution >= 4 is 11.9 Å². The van der Waals surface area contributed by atoms with Crippen molar-refractivity contribution in [1.82, 2.24) is 0 Å². The fraction of sp³-hybridized carbons (Fsp3) is 0.375. The topological polar surface area (TPSA) is 71.1 Å². The lowest BCUT2D eigenvalue weighted by atomic mass is 10.2. The molecule has 1 rings (SSSR count). The van der Waals surface area contributed by atoms with Crippen molar-refractivity contribution in [3.05, 3.63) is 36.4 Å². The molecule has 0 bridgehead atoms. The summed E-state index contributed by atoms with van der Waals surface area (Å²) in [6.45, 7) is 2.99. The van der Waals surface area contributed by atoms with Crippen molar-refractivity contribution in [3.63, 3.8) is 0 Å². The standard InChI is InChI=1S/C16H20O6/c1-11(21-12(2)17)15(9-10-16(18)20-4)22-14-7-5-13(19-3)6-8-14/h5-11,15H,1-4H3/b10-9+/t11-,15+/m1/s1. The molecule has 0 aliphatic carbocycles. The van der Waals surface area contributed by atoms with E-state index in [9.17, 15) is 9.59 Å². The molecule has 6 heteroatoms. The first-order valence-corrected chi connectivity index (χ1v) is 6.70. The van der Waals surface area contributed by atoms with Crippen LogP contribution >= 0.6 is 0 Å². The van der Waals surface area contributed by atoms with Crippen LogP contribution in [0.4, 0.5) is 0 Å². The van der Waals surface area contributed by atoms with Gasteiger partial charge in [0, 0.05) is 13.0 Å². The molecule has 0 aliphatic heterocycles. The second kappa shape index (κ2) is 8.71. The molecule has 0 radical (unpaired) electrons. The molecule has 0 heterocycles. The number of methoxy groups -OCH3 is 2. The van der Waals surface area contributed by atoms with Crippen molar-refractivity contribution in [2.45, 2.75) is 26.1 Å². The molecular formula is C16H20O6. The number of carbonyl (C=O) groups excluding carboxylic acids is 2. The molecule has 0 spiro atoms. The Morgan fingerprint density at radius 3 is 2.18 bits per heavy atom. The summed E-state index contributed by atoms with van der Waals surface area (Å²) in [5, 5.41) is 0. The molecular weight excluding hydrogens is 288 g/mol. The van der Waals surface area contributed by atoms with Gasteiger partial charge in [0.15, 0.2) is 6.10 Å². The van der Waals surface area contributed by atoms with Gasteiger partial charge in [-0.3, -0.25) is 4.79 Å². The van der Waals surface area contributed by atoms with Crippen molar-refractivity contribution < 1.29 is 28.5 Å². The predicted molar refractivity (Wildman–Crippen MR) is 79.8 cm³/mol. The second-order valence-electron chi connectivity index (χ2n) is 4.45. The van der Waals surface area contributed by atoms with E-state index in [1.807, 2.05) is 0 Å². The zero-order valence-electron chi connectivity index (χ0n) is 13.1. The monoisotopic (exact) mass is 308 g/mol. The molecule has 0 amide bonds. The van der Waals surface area contributed by atoms with Crippen LogP contribution in [-0.4, -0.2) is 38.4 Å². The highest BCUT2D eigenvalue weighted by molar-refractivity contribution is 5.81. The second-order valence-corrected chi connectivity index (χ2v) is 4.45. The summed E-state index contributed by atoms with van der Waals surface area (Å²) in [5.74, 6) is 0.307. The first-order valence-electron chi connectivity index (χ1n) is 6.70. The minimum Gasteiger partial charge on any atom is -0.497 e. The Morgan fingerprint density at radius 1 is 1.09 bits per heavy atom. The largest absolute Gasteiger partial charge is 0.497 e. The lowest BCUT2D eigenvalue weighted by Gasteiger charge is -2.22. The normalized spacial score (nSPS) is 13.3. The van der Waals surface area contributed by atoms with E-state index in [-0.39, 0.29) is 0 Å². The minimum atomic E-state index is -0.628. The number of carbonyl (C=O) groups is 2. The summed E-state index contributed by atoms with van der Waals surface area (Å²) >= 11 is 0. The Morgan fingerprint density at radius 2 is 1.68 bits per heavy atom. The molecule has 0 saturated carbocycles. The summed E-state index contributed by atoms with van der Waals surface area (Å²) < 4.78 is 20.5. The molecule has 120 valence electrons. The number of ether oxygens (including phenoxy) is 4. The van der Waals surface area contributed by atoms with Gasteiger partial charge in [0.1, 0.15) is 17.6 Å². The number of benzene rings is 1. The maximum absolute atomic E-state index is 11.2. The third-order valence-corrected chi connectivity index (χ3v) is 2.77. The van der Waals surface area contributed by atoms with Crippen molar-refractivity contribution in [1.29, 1.82) is 0 Å². The van der Waals surface area contributed by atoms with E-state index < -0.39 is 24.1 Å². The van der Waals surface area contributed by atoms with Crippen LogP contribution in [0.15, 0.2) is 36.4 Å². The van der Waals surface area contributed by atoms with Crippen LogP contribution < -0.4 is 9.47 Å². The maximum Gasteiger partial charge on any atom is 0.330 e. The Balaban J connectivity index is 2.85. The van der Waals surface area contributed by atoms with Gasteiger partial charge in [-0.15, -0.1) is 0 Å². The average Bonchev–Trinajstić information content (AvgIpc) is 2.50. The molecule has 22 heavy (non-hydrogen) atoms. The lowest BCUT2D eigenvalue weighted by molar-refractivity contribution is -0.148. The highest BCUT2D eigenvalue weighted by Crippen LogP contribution is 2.20. The fourth-order valence-corrected chi connectivity index (χ4v) is 1.67. The van der Waals surface area contributed by atoms with E-state index in [1.165, 1.54) is 26.2 Å². The van der Waals surface area contributed by atoms with E-state index in [1.54, 1.807) is 38.3 Å². The number of esters is 2. The lowest BCUT2D eigenvalue weighted by Crippen LogP contribution is -2.31. The molecule has 0 aliphatic rings. The van der Waals surface area contributed by atoms with Crippen LogP contribution in [0.5, 0.6) is 11.5 Å². The van der Waals surface area contributed by atoms with Gasteiger partial charge in [0.05, 0.1) is 14.2 Å². The summed E-state index contributed by atoms with van der Waals surface area (Å²) in [7, 11) is 2.85. The van der Waals surface area contributed by atoms with Gasteiger partial charge >= 0.3 is 11.9 Å². The molecule has 0 N–H and O–H groups in total. The summed E-state index contributed by atoms with van der Waals surface area (Å²) in [5.41, 5.74) is 0. The Hall–Kier alpha value is -2.50. The average molecular weight is 308 g/mol. The van der Waals surface area contributed by atoms with E-state index in [2.05, 4.69) is 4.74 Å². The van der Waals surface area contributed by atoms with Crippen LogP contribution in [-0.2, 0) is 19.1 Å². The SMILES string of the molecule is COC(=O)/C=C/[C@H](Oc1ccc(OC)cc1)[C@@H](C)OC(C)=O. The van der Waals surface area contributed by atoms with Gasteiger partial charge < -0.3 is 18.9 Å². The first-order chi connectivity index (χ1) is 10.5. The molecule has 0 aromatic heterocycles. The predicted octanol–water partition coefficient (Wildman–Crippen LogP) is 2.12. The summed E-state index contributed by atoms with van der Waals surface area (Å²) in [6, 6.07) is 6.93. The van der Waals surface area contributed by atoms with Gasteiger partial charge in [0.2, 0.25) is 0 Å².